The van der Waals surface area contributed by atoms with Crippen molar-refractivity contribution in [1.82, 2.24) is 5.32 Å². The maximum absolute atomic E-state index is 12.1. The van der Waals surface area contributed by atoms with Gasteiger partial charge in [0.2, 0.25) is 0 Å². The van der Waals surface area contributed by atoms with E-state index in [4.69, 9.17) is 16.3 Å². The highest BCUT2D eigenvalue weighted by Gasteiger charge is 2.20. The van der Waals surface area contributed by atoms with Crippen LogP contribution in [0, 0.1) is 16.0 Å². The first-order valence-corrected chi connectivity index (χ1v) is 6.48. The van der Waals surface area contributed by atoms with Crippen molar-refractivity contribution in [3.8, 4) is 0 Å². The van der Waals surface area contributed by atoms with Gasteiger partial charge in [0.25, 0.3) is 11.6 Å². The molecule has 0 radical (unpaired) electrons. The van der Waals surface area contributed by atoms with Gasteiger partial charge in [-0.1, -0.05) is 25.4 Å². The van der Waals surface area contributed by atoms with E-state index >= 15 is 0 Å². The summed E-state index contributed by atoms with van der Waals surface area (Å²) in [5.74, 6) is -0.207. The number of nitro benzene ring substituents is 1. The monoisotopic (exact) mass is 300 g/mol. The summed E-state index contributed by atoms with van der Waals surface area (Å²) in [6, 6.07) is 3.80. The fourth-order valence-corrected chi connectivity index (χ4v) is 1.81. The second kappa shape index (κ2) is 7.21. The molecule has 0 aliphatic heterocycles. The fourth-order valence-electron chi connectivity index (χ4n) is 1.63. The number of carbonyl (C=O) groups is 1. The Hall–Kier alpha value is -1.66. The Labute approximate surface area is 122 Å². The summed E-state index contributed by atoms with van der Waals surface area (Å²) < 4.78 is 5.04. The predicted octanol–water partition coefficient (Wildman–Crippen LogP) is 2.65. The van der Waals surface area contributed by atoms with Gasteiger partial charge < -0.3 is 10.1 Å². The maximum atomic E-state index is 12.1. The molecule has 1 amide bonds. The van der Waals surface area contributed by atoms with Crippen LogP contribution >= 0.6 is 11.6 Å². The van der Waals surface area contributed by atoms with E-state index in [-0.39, 0.29) is 34.1 Å². The third kappa shape index (κ3) is 4.18. The Bertz CT molecular complexity index is 505. The van der Waals surface area contributed by atoms with Crippen LogP contribution in [-0.2, 0) is 4.74 Å². The minimum Gasteiger partial charge on any atom is -0.383 e. The highest BCUT2D eigenvalue weighted by molar-refractivity contribution is 6.32. The molecule has 6 nitrogen and oxygen atoms in total. The molecule has 0 saturated carbocycles. The minimum atomic E-state index is -0.617. The number of carbonyl (C=O) groups excluding carboxylic acids is 1. The molecule has 0 fully saturated rings. The lowest BCUT2D eigenvalue weighted by molar-refractivity contribution is -0.384. The van der Waals surface area contributed by atoms with Crippen molar-refractivity contribution in [2.24, 2.45) is 5.92 Å². The second-order valence-electron chi connectivity index (χ2n) is 4.70. The van der Waals surface area contributed by atoms with Crippen LogP contribution in [0.5, 0.6) is 0 Å². The highest BCUT2D eigenvalue weighted by Crippen LogP contribution is 2.25. The Morgan fingerprint density at radius 2 is 2.15 bits per heavy atom. The van der Waals surface area contributed by atoms with Crippen LogP contribution in [0.4, 0.5) is 5.69 Å². The van der Waals surface area contributed by atoms with Gasteiger partial charge in [0.15, 0.2) is 0 Å². The van der Waals surface area contributed by atoms with Gasteiger partial charge in [0, 0.05) is 18.7 Å². The van der Waals surface area contributed by atoms with Crippen LogP contribution in [0.2, 0.25) is 5.02 Å². The van der Waals surface area contributed by atoms with Crippen molar-refractivity contribution in [2.75, 3.05) is 13.7 Å². The molecular formula is C13H17ClN2O4. The number of nitro groups is 1. The van der Waals surface area contributed by atoms with Crippen LogP contribution in [0.15, 0.2) is 18.2 Å². The van der Waals surface area contributed by atoms with Gasteiger partial charge in [-0.3, -0.25) is 14.9 Å². The van der Waals surface area contributed by atoms with Gasteiger partial charge >= 0.3 is 0 Å². The van der Waals surface area contributed by atoms with E-state index < -0.39 is 4.92 Å². The number of ether oxygens (including phenoxy) is 1. The lowest BCUT2D eigenvalue weighted by atomic mass is 10.0. The summed E-state index contributed by atoms with van der Waals surface area (Å²) >= 11 is 5.71. The molecule has 0 spiro atoms. The van der Waals surface area contributed by atoms with E-state index in [1.165, 1.54) is 18.2 Å². The molecule has 7 heteroatoms. The SMILES string of the molecule is COCC(NC(=O)c1ccc(Cl)c([N+](=O)[O-])c1)C(C)C. The normalized spacial score (nSPS) is 12.2. The number of amides is 1. The second-order valence-corrected chi connectivity index (χ2v) is 5.11. The zero-order valence-corrected chi connectivity index (χ0v) is 12.3. The largest absolute Gasteiger partial charge is 0.383 e. The molecule has 110 valence electrons. The summed E-state index contributed by atoms with van der Waals surface area (Å²) in [6.45, 7) is 4.28. The Morgan fingerprint density at radius 3 is 2.65 bits per heavy atom. The summed E-state index contributed by atoms with van der Waals surface area (Å²) in [7, 11) is 1.55. The number of nitrogens with zero attached hydrogens (tertiary/aromatic N) is 1. The number of nitrogens with one attached hydrogen (secondary N) is 1. The molecule has 1 aromatic rings. The van der Waals surface area contributed by atoms with Gasteiger partial charge in [-0.25, -0.2) is 0 Å². The number of rotatable bonds is 6. The average Bonchev–Trinajstić information content (AvgIpc) is 2.38. The van der Waals surface area contributed by atoms with Crippen molar-refractivity contribution in [3.63, 3.8) is 0 Å². The number of halogens is 1. The molecule has 1 rings (SSSR count). The molecule has 0 bridgehead atoms. The van der Waals surface area contributed by atoms with Crippen molar-refractivity contribution in [2.45, 2.75) is 19.9 Å². The Kier molecular flexibility index (Phi) is 5.91. The number of benzene rings is 1. The van der Waals surface area contributed by atoms with Crippen molar-refractivity contribution in [3.05, 3.63) is 38.9 Å². The molecule has 1 N–H and O–H groups in total. The van der Waals surface area contributed by atoms with Crippen LogP contribution in [0.1, 0.15) is 24.2 Å². The van der Waals surface area contributed by atoms with E-state index in [9.17, 15) is 14.9 Å². The topological polar surface area (TPSA) is 81.5 Å². The molecule has 20 heavy (non-hydrogen) atoms. The maximum Gasteiger partial charge on any atom is 0.288 e. The summed E-state index contributed by atoms with van der Waals surface area (Å²) in [5.41, 5.74) is -0.0880. The lowest BCUT2D eigenvalue weighted by Gasteiger charge is -2.21. The highest BCUT2D eigenvalue weighted by atomic mass is 35.5. The van der Waals surface area contributed by atoms with Gasteiger partial charge in [-0.2, -0.15) is 0 Å². The zero-order valence-electron chi connectivity index (χ0n) is 11.6. The molecule has 0 aromatic heterocycles. The first-order chi connectivity index (χ1) is 9.36. The van der Waals surface area contributed by atoms with E-state index in [1.54, 1.807) is 7.11 Å². The number of hydrogen-bond acceptors (Lipinski definition) is 4. The summed E-state index contributed by atoms with van der Waals surface area (Å²) in [5, 5.41) is 13.6. The van der Waals surface area contributed by atoms with Crippen molar-refractivity contribution >= 4 is 23.2 Å². The van der Waals surface area contributed by atoms with Crippen LogP contribution in [-0.4, -0.2) is 30.6 Å². The molecule has 1 unspecified atom stereocenters. The molecule has 1 atom stereocenters. The van der Waals surface area contributed by atoms with Crippen LogP contribution in [0.3, 0.4) is 0 Å². The van der Waals surface area contributed by atoms with Crippen molar-refractivity contribution < 1.29 is 14.5 Å². The molecular weight excluding hydrogens is 284 g/mol. The smallest absolute Gasteiger partial charge is 0.288 e. The molecule has 0 aliphatic carbocycles. The van der Waals surface area contributed by atoms with Gasteiger partial charge in [0.05, 0.1) is 17.6 Å². The van der Waals surface area contributed by atoms with E-state index in [0.29, 0.717) is 6.61 Å². The van der Waals surface area contributed by atoms with Gasteiger partial charge in [-0.05, 0) is 18.1 Å². The summed E-state index contributed by atoms with van der Waals surface area (Å²) in [6.07, 6.45) is 0. The third-order valence-corrected chi connectivity index (χ3v) is 3.19. The quantitative estimate of drug-likeness (QED) is 0.647. The van der Waals surface area contributed by atoms with Crippen LogP contribution in [0.25, 0.3) is 0 Å². The van der Waals surface area contributed by atoms with E-state index in [0.717, 1.165) is 0 Å². The molecule has 0 aliphatic rings. The summed E-state index contributed by atoms with van der Waals surface area (Å²) in [4.78, 5) is 22.3. The van der Waals surface area contributed by atoms with E-state index in [1.807, 2.05) is 13.8 Å². The first-order valence-electron chi connectivity index (χ1n) is 6.10. The zero-order chi connectivity index (χ0) is 15.3. The molecule has 1 aromatic carbocycles. The number of methoxy groups -OCH3 is 1. The average molecular weight is 301 g/mol. The Morgan fingerprint density at radius 1 is 1.50 bits per heavy atom. The van der Waals surface area contributed by atoms with Gasteiger partial charge in [-0.15, -0.1) is 0 Å². The third-order valence-electron chi connectivity index (χ3n) is 2.87. The number of hydrogen-bond donors (Lipinski definition) is 1. The van der Waals surface area contributed by atoms with Crippen LogP contribution < -0.4 is 5.32 Å². The van der Waals surface area contributed by atoms with Gasteiger partial charge in [0.1, 0.15) is 5.02 Å². The van der Waals surface area contributed by atoms with E-state index in [2.05, 4.69) is 5.32 Å². The molecule has 0 heterocycles. The molecule has 0 saturated heterocycles. The lowest BCUT2D eigenvalue weighted by Crippen LogP contribution is -2.41. The minimum absolute atomic E-state index is 0.00357. The standard InChI is InChI=1S/C13H17ClN2O4/c1-8(2)11(7-20-3)15-13(17)9-4-5-10(14)12(6-9)16(18)19/h4-6,8,11H,7H2,1-3H3,(H,15,17). The predicted molar refractivity (Wildman–Crippen MR) is 76.1 cm³/mol. The van der Waals surface area contributed by atoms with Crippen molar-refractivity contribution in [1.29, 1.82) is 0 Å². The fraction of sp³-hybridized carbons (Fsp3) is 0.462. The Balaban J connectivity index is 2.92. The first kappa shape index (κ1) is 16.4.